The van der Waals surface area contributed by atoms with Gasteiger partial charge in [0.25, 0.3) is 5.91 Å². The highest BCUT2D eigenvalue weighted by Gasteiger charge is 2.07. The number of carbonyl (C=O) groups excluding carboxylic acids is 1. The van der Waals surface area contributed by atoms with Crippen LogP contribution >= 0.6 is 23.2 Å². The summed E-state index contributed by atoms with van der Waals surface area (Å²) < 4.78 is 11.3. The molecule has 1 atom stereocenters. The smallest absolute Gasteiger partial charge is 0.251 e. The Morgan fingerprint density at radius 2 is 1.96 bits per heavy atom. The number of rotatable bonds is 6. The van der Waals surface area contributed by atoms with Gasteiger partial charge >= 0.3 is 0 Å². The second kappa shape index (κ2) is 8.48. The molecule has 6 heteroatoms. The molecule has 0 unspecified atom stereocenters. The number of halogens is 2. The Labute approximate surface area is 148 Å². The van der Waals surface area contributed by atoms with Crippen molar-refractivity contribution in [1.82, 2.24) is 5.32 Å². The van der Waals surface area contributed by atoms with E-state index in [1.54, 1.807) is 36.6 Å². The molecular weight excluding hydrogens is 353 g/mol. The lowest BCUT2D eigenvalue weighted by atomic mass is 10.1. The van der Waals surface area contributed by atoms with E-state index in [0.717, 1.165) is 11.1 Å². The van der Waals surface area contributed by atoms with Gasteiger partial charge in [0.05, 0.1) is 0 Å². The van der Waals surface area contributed by atoms with Crippen molar-refractivity contribution in [2.75, 3.05) is 12.8 Å². The van der Waals surface area contributed by atoms with Crippen LogP contribution in [0.5, 0.6) is 0 Å². The third-order valence-corrected chi connectivity index (χ3v) is 4.58. The predicted octanol–water partition coefficient (Wildman–Crippen LogP) is 3.84. The highest BCUT2D eigenvalue weighted by molar-refractivity contribution is 7.83. The molecule has 2 rings (SSSR count). The molecule has 122 valence electrons. The lowest BCUT2D eigenvalue weighted by molar-refractivity contribution is 0.0954. The first-order valence-electron chi connectivity index (χ1n) is 7.07. The SMILES string of the molecule is C[S@@](=O)Cc1cccc(C(=O)NCCc2ccc(Cl)cc2Cl)c1. The highest BCUT2D eigenvalue weighted by atomic mass is 35.5. The standard InChI is InChI=1S/C17H17Cl2NO2S/c1-23(22)11-12-3-2-4-14(9-12)17(21)20-8-7-13-5-6-15(18)10-16(13)19/h2-6,9-10H,7-8,11H2,1H3,(H,20,21)/t23-/m1/s1. The monoisotopic (exact) mass is 369 g/mol. The van der Waals surface area contributed by atoms with E-state index in [4.69, 9.17) is 23.2 Å². The van der Waals surface area contributed by atoms with Gasteiger partial charge < -0.3 is 5.32 Å². The maximum atomic E-state index is 12.2. The fraction of sp³-hybridized carbons (Fsp3) is 0.235. The quantitative estimate of drug-likeness (QED) is 0.840. The lowest BCUT2D eigenvalue weighted by Crippen LogP contribution is -2.25. The van der Waals surface area contributed by atoms with E-state index in [2.05, 4.69) is 5.32 Å². The molecule has 0 spiro atoms. The van der Waals surface area contributed by atoms with Gasteiger partial charge in [-0.05, 0) is 41.8 Å². The van der Waals surface area contributed by atoms with Crippen LogP contribution in [0.4, 0.5) is 0 Å². The summed E-state index contributed by atoms with van der Waals surface area (Å²) in [5.41, 5.74) is 2.39. The number of benzene rings is 2. The van der Waals surface area contributed by atoms with E-state index in [1.807, 2.05) is 12.1 Å². The fourth-order valence-corrected chi connectivity index (χ4v) is 3.33. The van der Waals surface area contributed by atoms with Crippen LogP contribution in [-0.4, -0.2) is 22.9 Å². The molecule has 2 aromatic carbocycles. The number of carbonyl (C=O) groups is 1. The zero-order valence-electron chi connectivity index (χ0n) is 12.6. The molecule has 2 aromatic rings. The molecule has 1 N–H and O–H groups in total. The van der Waals surface area contributed by atoms with Gasteiger partial charge in [-0.15, -0.1) is 0 Å². The zero-order chi connectivity index (χ0) is 16.8. The number of hydrogen-bond acceptors (Lipinski definition) is 2. The van der Waals surface area contributed by atoms with Gasteiger partial charge in [-0.3, -0.25) is 9.00 Å². The second-order valence-electron chi connectivity index (χ2n) is 5.16. The fourth-order valence-electron chi connectivity index (χ4n) is 2.17. The van der Waals surface area contributed by atoms with Crippen LogP contribution in [-0.2, 0) is 23.0 Å². The molecule has 0 radical (unpaired) electrons. The lowest BCUT2D eigenvalue weighted by Gasteiger charge is -2.08. The van der Waals surface area contributed by atoms with Crippen molar-refractivity contribution >= 4 is 39.9 Å². The third kappa shape index (κ3) is 5.65. The molecule has 0 saturated carbocycles. The Hall–Kier alpha value is -1.36. The number of amides is 1. The van der Waals surface area contributed by atoms with Gasteiger partial charge in [0.2, 0.25) is 0 Å². The summed E-state index contributed by atoms with van der Waals surface area (Å²) in [5, 5.41) is 4.05. The van der Waals surface area contributed by atoms with Gasteiger partial charge in [-0.1, -0.05) is 41.4 Å². The van der Waals surface area contributed by atoms with E-state index in [1.165, 1.54) is 0 Å². The van der Waals surface area contributed by atoms with E-state index in [9.17, 15) is 9.00 Å². The Morgan fingerprint density at radius 3 is 2.65 bits per heavy atom. The Bertz CT molecular complexity index is 734. The third-order valence-electron chi connectivity index (χ3n) is 3.25. The first-order chi connectivity index (χ1) is 11.0. The first kappa shape index (κ1) is 18.0. The summed E-state index contributed by atoms with van der Waals surface area (Å²) >= 11 is 12.0. The van der Waals surface area contributed by atoms with Crippen LogP contribution in [0.1, 0.15) is 21.5 Å². The Kier molecular flexibility index (Phi) is 6.63. The molecule has 0 aliphatic heterocycles. The van der Waals surface area contributed by atoms with Gasteiger partial charge in [-0.25, -0.2) is 0 Å². The maximum absolute atomic E-state index is 12.2. The molecule has 0 aliphatic carbocycles. The van der Waals surface area contributed by atoms with Gasteiger partial charge in [0.15, 0.2) is 0 Å². The summed E-state index contributed by atoms with van der Waals surface area (Å²) in [6.45, 7) is 0.476. The summed E-state index contributed by atoms with van der Waals surface area (Å²) in [5.74, 6) is 0.292. The Balaban J connectivity index is 1.93. The molecule has 0 fully saturated rings. The summed E-state index contributed by atoms with van der Waals surface area (Å²) in [6.07, 6.45) is 2.27. The van der Waals surface area contributed by atoms with Crippen molar-refractivity contribution < 1.29 is 9.00 Å². The number of hydrogen-bond donors (Lipinski definition) is 1. The average Bonchev–Trinajstić information content (AvgIpc) is 2.49. The Morgan fingerprint density at radius 1 is 1.17 bits per heavy atom. The van der Waals surface area contributed by atoms with Crippen LogP contribution in [0.2, 0.25) is 10.0 Å². The highest BCUT2D eigenvalue weighted by Crippen LogP contribution is 2.21. The molecule has 23 heavy (non-hydrogen) atoms. The minimum Gasteiger partial charge on any atom is -0.352 e. The first-order valence-corrected chi connectivity index (χ1v) is 9.55. The predicted molar refractivity (Wildman–Crippen MR) is 96.7 cm³/mol. The van der Waals surface area contributed by atoms with E-state index < -0.39 is 10.8 Å². The van der Waals surface area contributed by atoms with Gasteiger partial charge in [0, 0.05) is 45.0 Å². The molecule has 0 bridgehead atoms. The van der Waals surface area contributed by atoms with E-state index in [-0.39, 0.29) is 5.91 Å². The van der Waals surface area contributed by atoms with Crippen LogP contribution in [0.25, 0.3) is 0 Å². The number of nitrogens with one attached hydrogen (secondary N) is 1. The van der Waals surface area contributed by atoms with E-state index in [0.29, 0.717) is 34.3 Å². The molecule has 1 amide bonds. The molecule has 0 saturated heterocycles. The van der Waals surface area contributed by atoms with Crippen molar-refractivity contribution in [3.63, 3.8) is 0 Å². The van der Waals surface area contributed by atoms with Crippen molar-refractivity contribution in [2.45, 2.75) is 12.2 Å². The normalized spacial score (nSPS) is 12.0. The molecule has 3 nitrogen and oxygen atoms in total. The molecule has 0 aliphatic rings. The minimum atomic E-state index is -0.930. The minimum absolute atomic E-state index is 0.154. The van der Waals surface area contributed by atoms with Crippen molar-refractivity contribution in [1.29, 1.82) is 0 Å². The van der Waals surface area contributed by atoms with Crippen molar-refractivity contribution in [3.05, 3.63) is 69.2 Å². The second-order valence-corrected chi connectivity index (χ2v) is 7.44. The molecular formula is C17H17Cl2NO2S. The van der Waals surface area contributed by atoms with Crippen LogP contribution < -0.4 is 5.32 Å². The van der Waals surface area contributed by atoms with E-state index >= 15 is 0 Å². The van der Waals surface area contributed by atoms with Crippen molar-refractivity contribution in [2.24, 2.45) is 0 Å². The molecule has 0 aromatic heterocycles. The summed E-state index contributed by atoms with van der Waals surface area (Å²) in [6, 6.07) is 12.5. The van der Waals surface area contributed by atoms with Crippen LogP contribution in [0, 0.1) is 0 Å². The van der Waals surface area contributed by atoms with Gasteiger partial charge in [-0.2, -0.15) is 0 Å². The van der Waals surface area contributed by atoms with Crippen LogP contribution in [0.3, 0.4) is 0 Å². The average molecular weight is 370 g/mol. The topological polar surface area (TPSA) is 46.2 Å². The largest absolute Gasteiger partial charge is 0.352 e. The molecule has 0 heterocycles. The summed E-state index contributed by atoms with van der Waals surface area (Å²) in [7, 11) is -0.930. The zero-order valence-corrected chi connectivity index (χ0v) is 15.0. The summed E-state index contributed by atoms with van der Waals surface area (Å²) in [4.78, 5) is 12.2. The van der Waals surface area contributed by atoms with Gasteiger partial charge in [0.1, 0.15) is 0 Å². The van der Waals surface area contributed by atoms with Crippen LogP contribution in [0.15, 0.2) is 42.5 Å². The maximum Gasteiger partial charge on any atom is 0.251 e. The van der Waals surface area contributed by atoms with Crippen molar-refractivity contribution in [3.8, 4) is 0 Å².